The molecule has 4 heteroatoms. The zero-order valence-electron chi connectivity index (χ0n) is 8.16. The molecule has 0 saturated carbocycles. The molecule has 1 aromatic rings. The summed E-state index contributed by atoms with van der Waals surface area (Å²) in [6, 6.07) is 0. The second-order valence-electron chi connectivity index (χ2n) is 2.93. The van der Waals surface area contributed by atoms with Gasteiger partial charge < -0.3 is 4.74 Å². The lowest BCUT2D eigenvalue weighted by Crippen LogP contribution is -2.28. The summed E-state index contributed by atoms with van der Waals surface area (Å²) in [6.45, 7) is 3.98. The molecule has 0 aromatic carbocycles. The van der Waals surface area contributed by atoms with E-state index in [1.807, 2.05) is 7.05 Å². The second kappa shape index (κ2) is 4.37. The van der Waals surface area contributed by atoms with Crippen LogP contribution in [0, 0.1) is 6.92 Å². The van der Waals surface area contributed by atoms with Gasteiger partial charge in [-0.05, 0) is 0 Å². The van der Waals surface area contributed by atoms with Gasteiger partial charge in [-0.3, -0.25) is 4.79 Å². The number of ether oxygens (including phenoxy) is 1. The molecule has 0 saturated heterocycles. The van der Waals surface area contributed by atoms with Crippen molar-refractivity contribution in [3.05, 3.63) is 16.1 Å². The third-order valence-electron chi connectivity index (χ3n) is 1.92. The number of aromatic nitrogens is 1. The fourth-order valence-corrected chi connectivity index (χ4v) is 1.99. The Balaban J connectivity index is 2.45. The summed E-state index contributed by atoms with van der Waals surface area (Å²) in [6.07, 6.45) is 0.816. The molecule has 0 bridgehead atoms. The fourth-order valence-electron chi connectivity index (χ4n) is 1.03. The van der Waals surface area contributed by atoms with E-state index in [0.29, 0.717) is 6.61 Å². The van der Waals surface area contributed by atoms with Crippen LogP contribution in [0.3, 0.4) is 0 Å². The maximum Gasteiger partial charge on any atom is 0.302 e. The minimum Gasteiger partial charge on any atom is -0.465 e. The van der Waals surface area contributed by atoms with E-state index in [4.69, 9.17) is 4.74 Å². The molecule has 1 heterocycles. The Labute approximate surface area is 82.0 Å². The Morgan fingerprint density at radius 1 is 1.69 bits per heavy atom. The molecule has 0 radical (unpaired) electrons. The Bertz CT molecular complexity index is 307. The fraction of sp³-hybridized carbons (Fsp3) is 0.556. The highest BCUT2D eigenvalue weighted by Gasteiger charge is 2.10. The van der Waals surface area contributed by atoms with Crippen LogP contribution >= 0.6 is 11.3 Å². The largest absolute Gasteiger partial charge is 0.465 e. The van der Waals surface area contributed by atoms with Gasteiger partial charge in [0.25, 0.3) is 0 Å². The molecule has 0 N–H and O–H groups in total. The quantitative estimate of drug-likeness (QED) is 0.538. The van der Waals surface area contributed by atoms with Gasteiger partial charge in [0.05, 0.1) is 11.5 Å². The standard InChI is InChI=1S/C9H14NO2S/c1-7-9(13-6-10(7)3)4-5-12-8(2)11/h6H,4-5H2,1-3H3/q+1. The number of rotatable bonds is 3. The van der Waals surface area contributed by atoms with Crippen LogP contribution in [0.1, 0.15) is 17.5 Å². The molecule has 13 heavy (non-hydrogen) atoms. The number of hydrogen-bond donors (Lipinski definition) is 0. The maximum absolute atomic E-state index is 10.5. The zero-order valence-corrected chi connectivity index (χ0v) is 8.98. The van der Waals surface area contributed by atoms with E-state index in [2.05, 4.69) is 17.0 Å². The summed E-state index contributed by atoms with van der Waals surface area (Å²) in [7, 11) is 2.02. The highest BCUT2D eigenvalue weighted by Crippen LogP contribution is 2.10. The van der Waals surface area contributed by atoms with Crippen molar-refractivity contribution in [2.45, 2.75) is 20.3 Å². The van der Waals surface area contributed by atoms with E-state index in [0.717, 1.165) is 6.42 Å². The predicted molar refractivity (Wildman–Crippen MR) is 50.6 cm³/mol. The minimum atomic E-state index is -0.210. The second-order valence-corrected chi connectivity index (χ2v) is 3.87. The normalized spacial score (nSPS) is 10.1. The first-order valence-electron chi connectivity index (χ1n) is 4.17. The van der Waals surface area contributed by atoms with Crippen LogP contribution in [0.2, 0.25) is 0 Å². The summed E-state index contributed by atoms with van der Waals surface area (Å²) in [5.74, 6) is -0.210. The number of nitrogens with zero attached hydrogens (tertiary/aromatic N) is 1. The smallest absolute Gasteiger partial charge is 0.302 e. The molecule has 72 valence electrons. The van der Waals surface area contributed by atoms with Gasteiger partial charge in [0.1, 0.15) is 7.05 Å². The first kappa shape index (κ1) is 10.2. The predicted octanol–water partition coefficient (Wildman–Crippen LogP) is 0.987. The van der Waals surface area contributed by atoms with Crippen molar-refractivity contribution in [3.8, 4) is 0 Å². The van der Waals surface area contributed by atoms with Crippen LogP contribution in [0.25, 0.3) is 0 Å². The van der Waals surface area contributed by atoms with Crippen molar-refractivity contribution in [3.63, 3.8) is 0 Å². The molecular weight excluding hydrogens is 186 g/mol. The van der Waals surface area contributed by atoms with Crippen LogP contribution < -0.4 is 4.57 Å². The molecule has 1 rings (SSSR count). The van der Waals surface area contributed by atoms with E-state index in [1.165, 1.54) is 17.5 Å². The van der Waals surface area contributed by atoms with Crippen LogP contribution in [-0.4, -0.2) is 12.6 Å². The van der Waals surface area contributed by atoms with Gasteiger partial charge in [0.15, 0.2) is 5.69 Å². The van der Waals surface area contributed by atoms with Crippen LogP contribution in [0.15, 0.2) is 5.51 Å². The average Bonchev–Trinajstić information content (AvgIpc) is 2.35. The molecular formula is C9H14NO2S+. The molecule has 0 amide bonds. The summed E-state index contributed by atoms with van der Waals surface area (Å²) < 4.78 is 6.95. The van der Waals surface area contributed by atoms with Crippen molar-refractivity contribution >= 4 is 17.3 Å². The number of thiazole rings is 1. The van der Waals surface area contributed by atoms with Gasteiger partial charge in [0.2, 0.25) is 5.51 Å². The molecule has 0 aliphatic heterocycles. The van der Waals surface area contributed by atoms with Crippen LogP contribution in [0.5, 0.6) is 0 Å². The first-order valence-corrected chi connectivity index (χ1v) is 5.05. The molecule has 0 spiro atoms. The molecule has 0 aliphatic carbocycles. The summed E-state index contributed by atoms with van der Waals surface area (Å²) in [5, 5.41) is 0. The summed E-state index contributed by atoms with van der Waals surface area (Å²) in [4.78, 5) is 11.8. The third kappa shape index (κ3) is 2.81. The Morgan fingerprint density at radius 3 is 2.85 bits per heavy atom. The molecule has 0 aliphatic rings. The number of carbonyl (C=O) groups is 1. The van der Waals surface area contributed by atoms with E-state index in [9.17, 15) is 4.79 Å². The van der Waals surface area contributed by atoms with Crippen molar-refractivity contribution in [1.82, 2.24) is 0 Å². The minimum absolute atomic E-state index is 0.210. The number of carbonyl (C=O) groups excluding carboxylic acids is 1. The van der Waals surface area contributed by atoms with Gasteiger partial charge in [-0.2, -0.15) is 4.57 Å². The lowest BCUT2D eigenvalue weighted by atomic mass is 10.3. The summed E-state index contributed by atoms with van der Waals surface area (Å²) >= 11 is 1.70. The molecule has 0 atom stereocenters. The van der Waals surface area contributed by atoms with Gasteiger partial charge in [-0.1, -0.05) is 11.3 Å². The first-order chi connectivity index (χ1) is 6.11. The molecule has 0 unspecified atom stereocenters. The number of hydrogen-bond acceptors (Lipinski definition) is 3. The van der Waals surface area contributed by atoms with Gasteiger partial charge >= 0.3 is 5.97 Å². The number of esters is 1. The van der Waals surface area contributed by atoms with Crippen LogP contribution in [0.4, 0.5) is 0 Å². The van der Waals surface area contributed by atoms with Crippen molar-refractivity contribution < 1.29 is 14.1 Å². The third-order valence-corrected chi connectivity index (χ3v) is 3.13. The number of aryl methyl sites for hydroxylation is 1. The van der Waals surface area contributed by atoms with Gasteiger partial charge in [-0.15, -0.1) is 0 Å². The average molecular weight is 200 g/mol. The van der Waals surface area contributed by atoms with E-state index < -0.39 is 0 Å². The Hall–Kier alpha value is -0.900. The maximum atomic E-state index is 10.5. The molecule has 1 aromatic heterocycles. The lowest BCUT2D eigenvalue weighted by molar-refractivity contribution is -0.672. The monoisotopic (exact) mass is 200 g/mol. The van der Waals surface area contributed by atoms with E-state index >= 15 is 0 Å². The van der Waals surface area contributed by atoms with Gasteiger partial charge in [0, 0.05) is 20.3 Å². The highest BCUT2D eigenvalue weighted by atomic mass is 32.1. The summed E-state index contributed by atoms with van der Waals surface area (Å²) in [5.41, 5.74) is 3.30. The van der Waals surface area contributed by atoms with Crippen molar-refractivity contribution in [1.29, 1.82) is 0 Å². The molecule has 0 fully saturated rings. The topological polar surface area (TPSA) is 30.2 Å². The lowest BCUT2D eigenvalue weighted by Gasteiger charge is -1.98. The van der Waals surface area contributed by atoms with Gasteiger partial charge in [-0.25, -0.2) is 0 Å². The van der Waals surface area contributed by atoms with E-state index in [-0.39, 0.29) is 5.97 Å². The van der Waals surface area contributed by atoms with Crippen molar-refractivity contribution in [2.24, 2.45) is 7.05 Å². The SMILES string of the molecule is CC(=O)OCCc1sc[n+](C)c1C. The zero-order chi connectivity index (χ0) is 9.84. The Morgan fingerprint density at radius 2 is 2.38 bits per heavy atom. The van der Waals surface area contributed by atoms with Crippen LogP contribution in [-0.2, 0) is 23.0 Å². The van der Waals surface area contributed by atoms with E-state index in [1.54, 1.807) is 11.3 Å². The van der Waals surface area contributed by atoms with Crippen molar-refractivity contribution in [2.75, 3.05) is 6.61 Å². The highest BCUT2D eigenvalue weighted by molar-refractivity contribution is 7.09. The Kier molecular flexibility index (Phi) is 3.42. The molecule has 3 nitrogen and oxygen atoms in total.